The Kier molecular flexibility index (Phi) is 5.99. The lowest BCUT2D eigenvalue weighted by Crippen LogP contribution is -2.45. The fourth-order valence-corrected chi connectivity index (χ4v) is 6.16. The molecule has 0 spiro atoms. The maximum atomic E-state index is 13.4. The molecule has 1 amide bonds. The van der Waals surface area contributed by atoms with E-state index in [1.54, 1.807) is 54.6 Å². The summed E-state index contributed by atoms with van der Waals surface area (Å²) in [6, 6.07) is 15.2. The molecule has 7 heteroatoms. The van der Waals surface area contributed by atoms with Crippen molar-refractivity contribution in [3.63, 3.8) is 0 Å². The normalized spacial score (nSPS) is 22.6. The van der Waals surface area contributed by atoms with Crippen LogP contribution in [-0.2, 0) is 14.8 Å². The van der Waals surface area contributed by atoms with Crippen molar-refractivity contribution in [3.8, 4) is 5.75 Å². The van der Waals surface area contributed by atoms with E-state index in [9.17, 15) is 13.2 Å². The molecular formula is C23H28N2O4S. The van der Waals surface area contributed by atoms with Gasteiger partial charge in [-0.15, -0.1) is 0 Å². The summed E-state index contributed by atoms with van der Waals surface area (Å²) in [6.07, 6.45) is 4.58. The molecule has 0 unspecified atom stereocenters. The molecule has 6 nitrogen and oxygen atoms in total. The number of anilines is 1. The quantitative estimate of drug-likeness (QED) is 0.697. The van der Waals surface area contributed by atoms with Crippen LogP contribution in [0, 0.1) is 11.8 Å². The summed E-state index contributed by atoms with van der Waals surface area (Å²) in [7, 11) is -3.89. The van der Waals surface area contributed by atoms with E-state index < -0.39 is 10.0 Å². The van der Waals surface area contributed by atoms with Gasteiger partial charge in [-0.1, -0.05) is 24.6 Å². The summed E-state index contributed by atoms with van der Waals surface area (Å²) in [5.74, 6) is 1.63. The van der Waals surface area contributed by atoms with Gasteiger partial charge in [-0.2, -0.15) is 0 Å². The first-order chi connectivity index (χ1) is 14.5. The van der Waals surface area contributed by atoms with Crippen LogP contribution in [0.4, 0.5) is 5.69 Å². The van der Waals surface area contributed by atoms with E-state index in [2.05, 4.69) is 5.32 Å². The van der Waals surface area contributed by atoms with E-state index in [1.165, 1.54) is 17.1 Å². The summed E-state index contributed by atoms with van der Waals surface area (Å²) < 4.78 is 33.4. The molecule has 2 aliphatic rings. The minimum Gasteiger partial charge on any atom is -0.494 e. The zero-order valence-electron chi connectivity index (χ0n) is 17.2. The second-order valence-corrected chi connectivity index (χ2v) is 9.96. The topological polar surface area (TPSA) is 75.7 Å². The molecule has 2 fully saturated rings. The van der Waals surface area contributed by atoms with Crippen molar-refractivity contribution >= 4 is 21.6 Å². The van der Waals surface area contributed by atoms with Crippen molar-refractivity contribution in [1.29, 1.82) is 0 Å². The second-order valence-electron chi connectivity index (χ2n) is 8.10. The fraction of sp³-hybridized carbons (Fsp3) is 0.435. The first-order valence-corrected chi connectivity index (χ1v) is 12.0. The first kappa shape index (κ1) is 20.7. The average molecular weight is 429 g/mol. The molecule has 0 radical (unpaired) electrons. The number of nitrogens with one attached hydrogen (secondary N) is 1. The standard InChI is InChI=1S/C23H28N2O4S/c1-2-29-20-12-10-19(11-13-20)25(30(27,28)21-6-4-3-5-7-21)16-23(26)24-22-15-17-8-9-18(22)14-17/h3-7,10-13,17-18,22H,2,8-9,14-16H2,1H3,(H,24,26)/t17-,18-,22-/m1/s1. The molecule has 0 aliphatic heterocycles. The van der Waals surface area contributed by atoms with Gasteiger partial charge in [-0.25, -0.2) is 8.42 Å². The number of rotatable bonds is 8. The SMILES string of the molecule is CCOc1ccc(N(CC(=O)N[C@@H]2C[C@@H]3CC[C@@H]2C3)S(=O)(=O)c2ccccc2)cc1. The van der Waals surface area contributed by atoms with Crippen LogP contribution in [0.3, 0.4) is 0 Å². The Morgan fingerprint density at radius 2 is 1.80 bits per heavy atom. The van der Waals surface area contributed by atoms with E-state index >= 15 is 0 Å². The van der Waals surface area contributed by atoms with E-state index in [1.807, 2.05) is 6.92 Å². The first-order valence-electron chi connectivity index (χ1n) is 10.6. The zero-order chi connectivity index (χ0) is 21.1. The molecule has 2 aliphatic carbocycles. The summed E-state index contributed by atoms with van der Waals surface area (Å²) in [6.45, 7) is 2.16. The number of carbonyl (C=O) groups excluding carboxylic acids is 1. The van der Waals surface area contributed by atoms with E-state index in [-0.39, 0.29) is 23.4 Å². The van der Waals surface area contributed by atoms with Crippen LogP contribution in [0.15, 0.2) is 59.5 Å². The van der Waals surface area contributed by atoms with E-state index in [0.29, 0.717) is 29.9 Å². The average Bonchev–Trinajstić information content (AvgIpc) is 3.37. The lowest BCUT2D eigenvalue weighted by molar-refractivity contribution is -0.120. The van der Waals surface area contributed by atoms with Gasteiger partial charge in [0.05, 0.1) is 17.2 Å². The zero-order valence-corrected chi connectivity index (χ0v) is 18.0. The highest BCUT2D eigenvalue weighted by atomic mass is 32.2. The number of hydrogen-bond donors (Lipinski definition) is 1. The van der Waals surface area contributed by atoms with Crippen LogP contribution in [0.2, 0.25) is 0 Å². The molecule has 0 aromatic heterocycles. The van der Waals surface area contributed by atoms with Gasteiger partial charge < -0.3 is 10.1 Å². The number of carbonyl (C=O) groups is 1. The molecule has 3 atom stereocenters. The third kappa shape index (κ3) is 4.31. The highest BCUT2D eigenvalue weighted by Gasteiger charge is 2.40. The molecule has 2 bridgehead atoms. The van der Waals surface area contributed by atoms with E-state index in [4.69, 9.17) is 4.74 Å². The third-order valence-electron chi connectivity index (χ3n) is 6.14. The molecule has 1 N–H and O–H groups in total. The number of fused-ring (bicyclic) bond motifs is 2. The minimum absolute atomic E-state index is 0.159. The van der Waals surface area contributed by atoms with Gasteiger partial charge in [-0.3, -0.25) is 9.10 Å². The number of hydrogen-bond acceptors (Lipinski definition) is 4. The number of amides is 1. The summed E-state index contributed by atoms with van der Waals surface area (Å²) in [4.78, 5) is 13.0. The molecule has 160 valence electrons. The maximum Gasteiger partial charge on any atom is 0.264 e. The van der Waals surface area contributed by atoms with Crippen LogP contribution in [-0.4, -0.2) is 33.5 Å². The van der Waals surface area contributed by atoms with Gasteiger partial charge in [0.1, 0.15) is 12.3 Å². The van der Waals surface area contributed by atoms with Crippen LogP contribution in [0.5, 0.6) is 5.75 Å². The molecule has 4 rings (SSSR count). The molecule has 2 aromatic rings. The lowest BCUT2D eigenvalue weighted by Gasteiger charge is -2.27. The van der Waals surface area contributed by atoms with Crippen molar-refractivity contribution < 1.29 is 17.9 Å². The van der Waals surface area contributed by atoms with Gasteiger partial charge in [0.15, 0.2) is 0 Å². The largest absolute Gasteiger partial charge is 0.494 e. The van der Waals surface area contributed by atoms with Crippen molar-refractivity contribution in [2.24, 2.45) is 11.8 Å². The Hall–Kier alpha value is -2.54. The monoisotopic (exact) mass is 428 g/mol. The Morgan fingerprint density at radius 1 is 1.07 bits per heavy atom. The Morgan fingerprint density at radius 3 is 2.40 bits per heavy atom. The second kappa shape index (κ2) is 8.68. The Balaban J connectivity index is 1.57. The Bertz CT molecular complexity index is 976. The van der Waals surface area contributed by atoms with Crippen LogP contribution < -0.4 is 14.4 Å². The van der Waals surface area contributed by atoms with Gasteiger partial charge in [0, 0.05) is 6.04 Å². The number of sulfonamides is 1. The minimum atomic E-state index is -3.89. The predicted molar refractivity (Wildman–Crippen MR) is 116 cm³/mol. The van der Waals surface area contributed by atoms with Crippen LogP contribution >= 0.6 is 0 Å². The van der Waals surface area contributed by atoms with Gasteiger partial charge in [0.25, 0.3) is 10.0 Å². The summed E-state index contributed by atoms with van der Waals surface area (Å²) in [5, 5.41) is 3.10. The summed E-state index contributed by atoms with van der Waals surface area (Å²) >= 11 is 0. The molecule has 30 heavy (non-hydrogen) atoms. The van der Waals surface area contributed by atoms with Crippen molar-refractivity contribution in [1.82, 2.24) is 5.32 Å². The van der Waals surface area contributed by atoms with Crippen molar-refractivity contribution in [2.45, 2.75) is 43.5 Å². The maximum absolute atomic E-state index is 13.4. The highest BCUT2D eigenvalue weighted by Crippen LogP contribution is 2.44. The molecule has 2 aromatic carbocycles. The summed E-state index contributed by atoms with van der Waals surface area (Å²) in [5.41, 5.74) is 0.436. The van der Waals surface area contributed by atoms with E-state index in [0.717, 1.165) is 12.8 Å². The fourth-order valence-electron chi connectivity index (χ4n) is 4.71. The van der Waals surface area contributed by atoms with Crippen molar-refractivity contribution in [2.75, 3.05) is 17.5 Å². The lowest BCUT2D eigenvalue weighted by atomic mass is 9.95. The predicted octanol–water partition coefficient (Wildman–Crippen LogP) is 3.59. The Labute approximate surface area is 178 Å². The number of nitrogens with zero attached hydrogens (tertiary/aromatic N) is 1. The van der Waals surface area contributed by atoms with Crippen LogP contribution in [0.1, 0.15) is 32.6 Å². The highest BCUT2D eigenvalue weighted by molar-refractivity contribution is 7.92. The molecule has 2 saturated carbocycles. The number of ether oxygens (including phenoxy) is 1. The smallest absolute Gasteiger partial charge is 0.264 e. The van der Waals surface area contributed by atoms with Gasteiger partial charge in [0.2, 0.25) is 5.91 Å². The van der Waals surface area contributed by atoms with Gasteiger partial charge in [-0.05, 0) is 74.4 Å². The molecule has 0 heterocycles. The van der Waals surface area contributed by atoms with Crippen LogP contribution in [0.25, 0.3) is 0 Å². The van der Waals surface area contributed by atoms with Gasteiger partial charge >= 0.3 is 0 Å². The number of benzene rings is 2. The third-order valence-corrected chi connectivity index (χ3v) is 7.93. The molecule has 0 saturated heterocycles. The molecular weight excluding hydrogens is 400 g/mol. The van der Waals surface area contributed by atoms with Crippen molar-refractivity contribution in [3.05, 3.63) is 54.6 Å².